The molecule has 27 heavy (non-hydrogen) atoms. The van der Waals surface area contributed by atoms with Crippen molar-refractivity contribution in [3.63, 3.8) is 0 Å². The molecule has 1 aliphatic carbocycles. The number of aliphatic hydroxyl groups is 1. The largest absolute Gasteiger partial charge is 0.445 e. The van der Waals surface area contributed by atoms with Gasteiger partial charge in [-0.2, -0.15) is 0 Å². The number of carbonyl (C=O) groups excluding carboxylic acids is 1. The summed E-state index contributed by atoms with van der Waals surface area (Å²) < 4.78 is 5.27. The molecule has 0 unspecified atom stereocenters. The lowest BCUT2D eigenvalue weighted by Gasteiger charge is -2.35. The van der Waals surface area contributed by atoms with Gasteiger partial charge in [0.25, 0.3) is 0 Å². The molecule has 0 bridgehead atoms. The highest BCUT2D eigenvalue weighted by molar-refractivity contribution is 5.67. The molecule has 0 aliphatic heterocycles. The fourth-order valence-corrected chi connectivity index (χ4v) is 3.56. The van der Waals surface area contributed by atoms with Crippen LogP contribution in [0.1, 0.15) is 43.4 Å². The van der Waals surface area contributed by atoms with Gasteiger partial charge < -0.3 is 20.5 Å². The van der Waals surface area contributed by atoms with Crippen LogP contribution in [0.25, 0.3) is 0 Å². The van der Waals surface area contributed by atoms with E-state index in [0.29, 0.717) is 6.42 Å². The van der Waals surface area contributed by atoms with Gasteiger partial charge in [-0.1, -0.05) is 60.7 Å². The Hall–Kier alpha value is -2.37. The summed E-state index contributed by atoms with van der Waals surface area (Å²) in [5.41, 5.74) is 2.16. The molecule has 0 aromatic heterocycles. The van der Waals surface area contributed by atoms with Gasteiger partial charge in [0.05, 0.1) is 6.10 Å². The quantitative estimate of drug-likeness (QED) is 0.729. The van der Waals surface area contributed by atoms with Crippen LogP contribution in [0, 0.1) is 0 Å². The van der Waals surface area contributed by atoms with Crippen LogP contribution >= 0.6 is 0 Å². The fraction of sp³-hybridized carbons (Fsp3) is 0.409. The molecule has 2 aromatic rings. The van der Waals surface area contributed by atoms with Crippen molar-refractivity contribution < 1.29 is 14.6 Å². The van der Waals surface area contributed by atoms with Gasteiger partial charge in [0, 0.05) is 18.1 Å². The Morgan fingerprint density at radius 3 is 2.44 bits per heavy atom. The lowest BCUT2D eigenvalue weighted by molar-refractivity contribution is 0.0668. The number of amides is 1. The molecule has 3 rings (SSSR count). The van der Waals surface area contributed by atoms with Crippen molar-refractivity contribution in [3.8, 4) is 0 Å². The number of benzene rings is 2. The first-order chi connectivity index (χ1) is 13.1. The van der Waals surface area contributed by atoms with E-state index in [1.165, 1.54) is 5.56 Å². The Kier molecular flexibility index (Phi) is 6.85. The highest BCUT2D eigenvalue weighted by Gasteiger charge is 2.31. The van der Waals surface area contributed by atoms with E-state index in [1.54, 1.807) is 0 Å². The molecule has 1 amide bonds. The van der Waals surface area contributed by atoms with Gasteiger partial charge in [-0.05, 0) is 37.3 Å². The van der Waals surface area contributed by atoms with E-state index in [0.717, 1.165) is 18.4 Å². The Morgan fingerprint density at radius 1 is 1.11 bits per heavy atom. The van der Waals surface area contributed by atoms with Crippen molar-refractivity contribution in [3.05, 3.63) is 71.8 Å². The van der Waals surface area contributed by atoms with Crippen LogP contribution in [0.4, 0.5) is 4.79 Å². The Balaban J connectivity index is 1.42. The summed E-state index contributed by atoms with van der Waals surface area (Å²) in [5.74, 6) is 0. The highest BCUT2D eigenvalue weighted by atomic mass is 16.5. The average molecular weight is 368 g/mol. The number of rotatable bonds is 6. The molecule has 0 heterocycles. The van der Waals surface area contributed by atoms with E-state index < -0.39 is 12.2 Å². The third-order valence-electron chi connectivity index (χ3n) is 5.11. The van der Waals surface area contributed by atoms with Gasteiger partial charge in [-0.3, -0.25) is 0 Å². The second kappa shape index (κ2) is 9.53. The molecule has 0 radical (unpaired) electrons. The predicted molar refractivity (Wildman–Crippen MR) is 105 cm³/mol. The van der Waals surface area contributed by atoms with Gasteiger partial charge in [0.2, 0.25) is 0 Å². The molecular formula is C22H28N2O3. The number of hydrogen-bond donors (Lipinski definition) is 3. The van der Waals surface area contributed by atoms with Gasteiger partial charge in [-0.25, -0.2) is 4.79 Å². The fourth-order valence-electron chi connectivity index (χ4n) is 3.56. The van der Waals surface area contributed by atoms with Crippen molar-refractivity contribution in [2.24, 2.45) is 0 Å². The molecule has 0 saturated heterocycles. The maximum absolute atomic E-state index is 12.0. The van der Waals surface area contributed by atoms with E-state index >= 15 is 0 Å². The minimum absolute atomic E-state index is 0.0265. The predicted octanol–water partition coefficient (Wildman–Crippen LogP) is 3.55. The third kappa shape index (κ3) is 5.81. The minimum Gasteiger partial charge on any atom is -0.445 e. The molecule has 1 saturated carbocycles. The smallest absolute Gasteiger partial charge is 0.407 e. The van der Waals surface area contributed by atoms with E-state index in [2.05, 4.69) is 29.7 Å². The van der Waals surface area contributed by atoms with Crippen LogP contribution in [0.15, 0.2) is 60.7 Å². The molecule has 3 N–H and O–H groups in total. The van der Waals surface area contributed by atoms with Gasteiger partial charge in [-0.15, -0.1) is 0 Å². The van der Waals surface area contributed by atoms with Crippen LogP contribution in [0.2, 0.25) is 0 Å². The molecule has 5 heteroatoms. The van der Waals surface area contributed by atoms with Crippen molar-refractivity contribution in [2.45, 2.75) is 57.0 Å². The number of ether oxygens (including phenoxy) is 1. The molecule has 144 valence electrons. The summed E-state index contributed by atoms with van der Waals surface area (Å²) in [6.45, 7) is 2.36. The molecule has 0 spiro atoms. The maximum atomic E-state index is 12.0. The summed E-state index contributed by atoms with van der Waals surface area (Å²) in [4.78, 5) is 12.0. The molecule has 2 aromatic carbocycles. The highest BCUT2D eigenvalue weighted by Crippen LogP contribution is 2.23. The lowest BCUT2D eigenvalue weighted by atomic mass is 9.88. The van der Waals surface area contributed by atoms with Crippen LogP contribution in [-0.4, -0.2) is 29.4 Å². The Morgan fingerprint density at radius 2 is 1.78 bits per heavy atom. The summed E-state index contributed by atoms with van der Waals surface area (Å²) in [6.07, 6.45) is 1.22. The van der Waals surface area contributed by atoms with Crippen LogP contribution in [0.5, 0.6) is 0 Å². The number of alkyl carbamates (subject to hydrolysis) is 1. The van der Waals surface area contributed by atoms with Gasteiger partial charge in [0.15, 0.2) is 0 Å². The number of nitrogens with one attached hydrogen (secondary N) is 2. The van der Waals surface area contributed by atoms with E-state index in [1.807, 2.05) is 48.5 Å². The lowest BCUT2D eigenvalue weighted by Crippen LogP contribution is -2.50. The summed E-state index contributed by atoms with van der Waals surface area (Å²) in [6, 6.07) is 19.9. The van der Waals surface area contributed by atoms with Crippen LogP contribution < -0.4 is 10.6 Å². The van der Waals surface area contributed by atoms with E-state index in [4.69, 9.17) is 4.74 Å². The number of aliphatic hydroxyl groups excluding tert-OH is 1. The maximum Gasteiger partial charge on any atom is 0.407 e. The standard InChI is InChI=1S/C22H28N2O3/c1-16(18-10-6-3-7-11-18)23-20-13-12-19(14-21(20)25)24-22(26)27-15-17-8-4-2-5-9-17/h2-11,16,19-21,23,25H,12-15H2,1H3,(H,24,26)/t16-,19+,20+,21+/m0/s1. The molecule has 1 fully saturated rings. The molecule has 5 nitrogen and oxygen atoms in total. The van der Waals surface area contributed by atoms with Gasteiger partial charge in [0.1, 0.15) is 6.61 Å². The summed E-state index contributed by atoms with van der Waals surface area (Å²) >= 11 is 0. The second-order valence-electron chi connectivity index (χ2n) is 7.19. The minimum atomic E-state index is -0.496. The SMILES string of the molecule is C[C@H](N[C@@H]1CC[C@@H](NC(=O)OCc2ccccc2)C[C@H]1O)c1ccccc1. The zero-order valence-electron chi connectivity index (χ0n) is 15.7. The normalized spacial score (nSPS) is 23.4. The first kappa shape index (κ1) is 19.4. The zero-order valence-corrected chi connectivity index (χ0v) is 15.7. The first-order valence-corrected chi connectivity index (χ1v) is 9.58. The Bertz CT molecular complexity index is 708. The molecule has 4 atom stereocenters. The number of carbonyl (C=O) groups is 1. The van der Waals surface area contributed by atoms with Crippen LogP contribution in [-0.2, 0) is 11.3 Å². The van der Waals surface area contributed by atoms with Crippen molar-refractivity contribution in [2.75, 3.05) is 0 Å². The van der Waals surface area contributed by atoms with Gasteiger partial charge >= 0.3 is 6.09 Å². The van der Waals surface area contributed by atoms with Crippen LogP contribution in [0.3, 0.4) is 0 Å². The summed E-state index contributed by atoms with van der Waals surface area (Å²) in [5, 5.41) is 16.9. The first-order valence-electron chi connectivity index (χ1n) is 9.58. The summed E-state index contributed by atoms with van der Waals surface area (Å²) in [7, 11) is 0. The Labute approximate surface area is 160 Å². The topological polar surface area (TPSA) is 70.6 Å². The zero-order chi connectivity index (χ0) is 19.1. The van der Waals surface area contributed by atoms with Crippen molar-refractivity contribution in [1.82, 2.24) is 10.6 Å². The average Bonchev–Trinajstić information content (AvgIpc) is 2.70. The number of hydrogen-bond acceptors (Lipinski definition) is 4. The van der Waals surface area contributed by atoms with E-state index in [-0.39, 0.29) is 24.7 Å². The molecular weight excluding hydrogens is 340 g/mol. The third-order valence-corrected chi connectivity index (χ3v) is 5.11. The van der Waals surface area contributed by atoms with E-state index in [9.17, 15) is 9.90 Å². The van der Waals surface area contributed by atoms with Crippen molar-refractivity contribution >= 4 is 6.09 Å². The molecule has 1 aliphatic rings. The van der Waals surface area contributed by atoms with Crippen molar-refractivity contribution in [1.29, 1.82) is 0 Å². The second-order valence-corrected chi connectivity index (χ2v) is 7.19. The monoisotopic (exact) mass is 368 g/mol.